The average molecular weight is 308 g/mol. The molecule has 1 aliphatic carbocycles. The minimum absolute atomic E-state index is 0.122. The second-order valence-electron chi connectivity index (χ2n) is 5.26. The van der Waals surface area contributed by atoms with E-state index in [4.69, 9.17) is 0 Å². The minimum atomic E-state index is -0.195. The lowest BCUT2D eigenvalue weighted by atomic mass is 9.56. The van der Waals surface area contributed by atoms with Gasteiger partial charge in [-0.3, -0.25) is 14.9 Å². The molecule has 0 radical (unpaired) electrons. The van der Waals surface area contributed by atoms with Gasteiger partial charge in [-0.25, -0.2) is 0 Å². The van der Waals surface area contributed by atoms with Crippen LogP contribution in [-0.2, 0) is 9.59 Å². The molecule has 0 bridgehead atoms. The number of carbonyl (C=O) groups is 2. The number of amides is 2. The van der Waals surface area contributed by atoms with Gasteiger partial charge in [0.1, 0.15) is 0 Å². The molecular weight excluding hydrogens is 294 g/mol. The zero-order chi connectivity index (χ0) is 12.8. The van der Waals surface area contributed by atoms with E-state index in [-0.39, 0.29) is 23.1 Å². The molecule has 2 amide bonds. The van der Waals surface area contributed by atoms with Crippen LogP contribution in [0.2, 0.25) is 0 Å². The Morgan fingerprint density at radius 3 is 2.56 bits per heavy atom. The lowest BCUT2D eigenvalue weighted by Gasteiger charge is -2.49. The van der Waals surface area contributed by atoms with Crippen LogP contribution in [0.5, 0.6) is 0 Å². The van der Waals surface area contributed by atoms with Crippen LogP contribution in [0.3, 0.4) is 0 Å². The number of halogens is 1. The molecule has 1 aromatic carbocycles. The highest BCUT2D eigenvalue weighted by molar-refractivity contribution is 9.10. The first kappa shape index (κ1) is 11.9. The molecule has 1 spiro atoms. The maximum absolute atomic E-state index is 12.2. The van der Waals surface area contributed by atoms with Gasteiger partial charge in [-0.2, -0.15) is 0 Å². The Balaban J connectivity index is 2.05. The van der Waals surface area contributed by atoms with Crippen LogP contribution in [-0.4, -0.2) is 11.8 Å². The number of hydrogen-bond donors (Lipinski definition) is 1. The van der Waals surface area contributed by atoms with Gasteiger partial charge in [0.25, 0.3) is 0 Å². The molecule has 1 unspecified atom stereocenters. The molecule has 2 aliphatic rings. The summed E-state index contributed by atoms with van der Waals surface area (Å²) in [6.07, 6.45) is 3.53. The summed E-state index contributed by atoms with van der Waals surface area (Å²) in [6.45, 7) is 0. The topological polar surface area (TPSA) is 46.2 Å². The molecule has 4 heteroatoms. The molecule has 1 saturated heterocycles. The van der Waals surface area contributed by atoms with Crippen molar-refractivity contribution in [2.24, 2.45) is 5.41 Å². The Morgan fingerprint density at radius 1 is 1.22 bits per heavy atom. The third kappa shape index (κ3) is 1.70. The fourth-order valence-corrected chi connectivity index (χ4v) is 3.74. The Bertz CT molecular complexity index is 522. The summed E-state index contributed by atoms with van der Waals surface area (Å²) in [5, 5.41) is 2.48. The highest BCUT2D eigenvalue weighted by Crippen LogP contribution is 2.56. The zero-order valence-corrected chi connectivity index (χ0v) is 11.5. The van der Waals surface area contributed by atoms with E-state index in [1.54, 1.807) is 0 Å². The standard InChI is InChI=1S/C14H14BrNO2/c15-10-5-2-1-4-9(10)12-13(18)16-11(17)8-14(12)6-3-7-14/h1-2,4-5,12H,3,6-8H2,(H,16,17,18). The monoisotopic (exact) mass is 307 g/mol. The van der Waals surface area contributed by atoms with Crippen LogP contribution in [0.1, 0.15) is 37.2 Å². The normalized spacial score (nSPS) is 25.7. The van der Waals surface area contributed by atoms with E-state index in [1.165, 1.54) is 0 Å². The molecule has 3 rings (SSSR count). The molecule has 1 N–H and O–H groups in total. The number of rotatable bonds is 1. The van der Waals surface area contributed by atoms with Crippen LogP contribution >= 0.6 is 15.9 Å². The number of hydrogen-bond acceptors (Lipinski definition) is 2. The molecule has 94 valence electrons. The first-order valence-corrected chi connectivity index (χ1v) is 7.00. The molecule has 1 aliphatic heterocycles. The lowest BCUT2D eigenvalue weighted by Crippen LogP contribution is -2.53. The fraction of sp³-hybridized carbons (Fsp3) is 0.429. The maximum Gasteiger partial charge on any atom is 0.234 e. The van der Waals surface area contributed by atoms with Crippen molar-refractivity contribution in [2.75, 3.05) is 0 Å². The number of piperidine rings is 1. The van der Waals surface area contributed by atoms with Crippen molar-refractivity contribution in [1.82, 2.24) is 5.32 Å². The molecule has 3 nitrogen and oxygen atoms in total. The first-order chi connectivity index (χ1) is 8.62. The molecule has 1 heterocycles. The van der Waals surface area contributed by atoms with Crippen molar-refractivity contribution in [3.8, 4) is 0 Å². The van der Waals surface area contributed by atoms with Gasteiger partial charge in [0.15, 0.2) is 0 Å². The Morgan fingerprint density at radius 2 is 1.94 bits per heavy atom. The third-order valence-electron chi connectivity index (χ3n) is 4.22. The van der Waals surface area contributed by atoms with Gasteiger partial charge in [-0.15, -0.1) is 0 Å². The van der Waals surface area contributed by atoms with Crippen molar-refractivity contribution in [3.63, 3.8) is 0 Å². The average Bonchev–Trinajstić information content (AvgIpc) is 2.27. The van der Waals surface area contributed by atoms with Crippen LogP contribution in [0.15, 0.2) is 28.7 Å². The van der Waals surface area contributed by atoms with E-state index in [0.29, 0.717) is 6.42 Å². The van der Waals surface area contributed by atoms with Gasteiger partial charge >= 0.3 is 0 Å². The summed E-state index contributed by atoms with van der Waals surface area (Å²) in [6, 6.07) is 7.80. The molecular formula is C14H14BrNO2. The van der Waals surface area contributed by atoms with Gasteiger partial charge in [0.2, 0.25) is 11.8 Å². The van der Waals surface area contributed by atoms with E-state index >= 15 is 0 Å². The van der Waals surface area contributed by atoms with Crippen molar-refractivity contribution in [3.05, 3.63) is 34.3 Å². The van der Waals surface area contributed by atoms with Gasteiger partial charge in [-0.1, -0.05) is 40.5 Å². The Kier molecular flexibility index (Phi) is 2.77. The lowest BCUT2D eigenvalue weighted by molar-refractivity contribution is -0.143. The van der Waals surface area contributed by atoms with Crippen molar-refractivity contribution in [2.45, 2.75) is 31.6 Å². The quantitative estimate of drug-likeness (QED) is 0.811. The van der Waals surface area contributed by atoms with Crippen LogP contribution in [0, 0.1) is 5.41 Å². The molecule has 18 heavy (non-hydrogen) atoms. The van der Waals surface area contributed by atoms with Gasteiger partial charge in [-0.05, 0) is 29.9 Å². The Hall–Kier alpha value is -1.16. The highest BCUT2D eigenvalue weighted by atomic mass is 79.9. The van der Waals surface area contributed by atoms with E-state index in [9.17, 15) is 9.59 Å². The summed E-state index contributed by atoms with van der Waals surface area (Å²) >= 11 is 3.51. The van der Waals surface area contributed by atoms with Crippen LogP contribution in [0.25, 0.3) is 0 Å². The third-order valence-corrected chi connectivity index (χ3v) is 4.94. The predicted octanol–water partition coefficient (Wildman–Crippen LogP) is 2.75. The molecule has 0 aromatic heterocycles. The van der Waals surface area contributed by atoms with Crippen molar-refractivity contribution < 1.29 is 9.59 Å². The van der Waals surface area contributed by atoms with Gasteiger partial charge in [0, 0.05) is 10.9 Å². The predicted molar refractivity (Wildman–Crippen MR) is 70.9 cm³/mol. The number of carbonyl (C=O) groups excluding carboxylic acids is 2. The number of benzene rings is 1. The van der Waals surface area contributed by atoms with E-state index < -0.39 is 0 Å². The van der Waals surface area contributed by atoms with Gasteiger partial charge in [0.05, 0.1) is 5.92 Å². The van der Waals surface area contributed by atoms with Crippen LogP contribution in [0.4, 0.5) is 0 Å². The maximum atomic E-state index is 12.2. The summed E-state index contributed by atoms with van der Waals surface area (Å²) in [5.74, 6) is -0.458. The second kappa shape index (κ2) is 4.19. The first-order valence-electron chi connectivity index (χ1n) is 6.20. The largest absolute Gasteiger partial charge is 0.296 e. The molecule has 1 atom stereocenters. The molecule has 1 aromatic rings. The minimum Gasteiger partial charge on any atom is -0.296 e. The molecule has 1 saturated carbocycles. The van der Waals surface area contributed by atoms with E-state index in [0.717, 1.165) is 29.3 Å². The summed E-state index contributed by atoms with van der Waals surface area (Å²) in [5.41, 5.74) is 0.866. The zero-order valence-electron chi connectivity index (χ0n) is 9.91. The number of imide groups is 1. The van der Waals surface area contributed by atoms with E-state index in [2.05, 4.69) is 21.2 Å². The van der Waals surface area contributed by atoms with Crippen LogP contribution < -0.4 is 5.32 Å². The highest BCUT2D eigenvalue weighted by Gasteiger charge is 2.52. The Labute approximate surface area is 114 Å². The fourth-order valence-electron chi connectivity index (χ4n) is 3.23. The van der Waals surface area contributed by atoms with Gasteiger partial charge < -0.3 is 0 Å². The second-order valence-corrected chi connectivity index (χ2v) is 6.11. The number of nitrogens with one attached hydrogen (secondary N) is 1. The summed E-state index contributed by atoms with van der Waals surface area (Å²) in [4.78, 5) is 23.8. The molecule has 2 fully saturated rings. The smallest absolute Gasteiger partial charge is 0.234 e. The summed E-state index contributed by atoms with van der Waals surface area (Å²) in [7, 11) is 0. The van der Waals surface area contributed by atoms with Crippen molar-refractivity contribution >= 4 is 27.7 Å². The SMILES string of the molecule is O=C1CC2(CCC2)C(c2ccccc2Br)C(=O)N1. The van der Waals surface area contributed by atoms with E-state index in [1.807, 2.05) is 24.3 Å². The summed E-state index contributed by atoms with van der Waals surface area (Å²) < 4.78 is 0.950. The van der Waals surface area contributed by atoms with Crippen molar-refractivity contribution in [1.29, 1.82) is 0 Å².